The van der Waals surface area contributed by atoms with Crippen LogP contribution in [0.15, 0.2) is 52.4 Å². The molecule has 23 heavy (non-hydrogen) atoms. The third kappa shape index (κ3) is 2.83. The number of fused-ring (bicyclic) bond motifs is 1. The summed E-state index contributed by atoms with van der Waals surface area (Å²) in [6.07, 6.45) is 5.46. The predicted octanol–water partition coefficient (Wildman–Crippen LogP) is 5.28. The molecule has 0 fully saturated rings. The van der Waals surface area contributed by atoms with Gasteiger partial charge in [-0.1, -0.05) is 12.1 Å². The Kier molecular flexibility index (Phi) is 3.99. The van der Waals surface area contributed by atoms with E-state index in [1.807, 2.05) is 5.38 Å². The normalized spacial score (nSPS) is 11.0. The van der Waals surface area contributed by atoms with Gasteiger partial charge in [-0.05, 0) is 24.0 Å². The second-order valence-electron chi connectivity index (χ2n) is 4.75. The van der Waals surface area contributed by atoms with Gasteiger partial charge in [0.1, 0.15) is 17.0 Å². The molecule has 1 aromatic carbocycles. The Morgan fingerprint density at radius 2 is 2.09 bits per heavy atom. The lowest BCUT2D eigenvalue weighted by Gasteiger charge is -2.07. The summed E-state index contributed by atoms with van der Waals surface area (Å²) in [6.45, 7) is 0. The summed E-state index contributed by atoms with van der Waals surface area (Å²) in [5.74, 6) is 0.802. The minimum absolute atomic E-state index is 0.802. The summed E-state index contributed by atoms with van der Waals surface area (Å²) in [5, 5.41) is 9.28. The maximum absolute atomic E-state index is 4.43. The zero-order valence-electron chi connectivity index (χ0n) is 12.2. The number of rotatable bonds is 4. The van der Waals surface area contributed by atoms with Crippen LogP contribution in [0, 0.1) is 0 Å². The first-order valence-corrected chi connectivity index (χ1v) is 9.86. The number of nitrogens with zero attached hydrogens (tertiary/aromatic N) is 3. The molecular weight excluding hydrogens is 344 g/mol. The van der Waals surface area contributed by atoms with Crippen LogP contribution in [0.1, 0.15) is 0 Å². The molecule has 7 heteroatoms. The quantitative estimate of drug-likeness (QED) is 0.504. The third-order valence-electron chi connectivity index (χ3n) is 3.41. The Labute approximate surface area is 145 Å². The highest BCUT2D eigenvalue weighted by Crippen LogP contribution is 2.38. The summed E-state index contributed by atoms with van der Waals surface area (Å²) in [7, 11) is 0. The maximum Gasteiger partial charge on any atom is 0.188 e. The van der Waals surface area contributed by atoms with Crippen LogP contribution >= 0.6 is 34.4 Å². The van der Waals surface area contributed by atoms with Crippen molar-refractivity contribution in [1.82, 2.24) is 15.0 Å². The number of thioether (sulfide) groups is 1. The van der Waals surface area contributed by atoms with Crippen molar-refractivity contribution in [3.63, 3.8) is 0 Å². The predicted molar refractivity (Wildman–Crippen MR) is 100 cm³/mol. The molecule has 0 saturated carbocycles. The van der Waals surface area contributed by atoms with Crippen LogP contribution in [0.25, 0.3) is 21.3 Å². The van der Waals surface area contributed by atoms with E-state index >= 15 is 0 Å². The lowest BCUT2D eigenvalue weighted by atomic mass is 10.1. The molecular formula is C16H12N4S3. The Bertz CT molecular complexity index is 947. The summed E-state index contributed by atoms with van der Waals surface area (Å²) >= 11 is 4.93. The van der Waals surface area contributed by atoms with Crippen LogP contribution < -0.4 is 5.32 Å². The second kappa shape index (κ2) is 6.27. The maximum atomic E-state index is 4.43. The van der Waals surface area contributed by atoms with Gasteiger partial charge in [0.25, 0.3) is 0 Å². The minimum atomic E-state index is 0.802. The molecule has 0 aliphatic carbocycles. The van der Waals surface area contributed by atoms with Crippen LogP contribution in [0.2, 0.25) is 0 Å². The molecule has 0 aliphatic heterocycles. The fourth-order valence-electron chi connectivity index (χ4n) is 2.36. The number of thiophene rings is 1. The molecule has 0 saturated heterocycles. The molecule has 0 atom stereocenters. The lowest BCUT2D eigenvalue weighted by Crippen LogP contribution is -1.94. The van der Waals surface area contributed by atoms with E-state index in [9.17, 15) is 0 Å². The zero-order chi connectivity index (χ0) is 15.6. The van der Waals surface area contributed by atoms with Gasteiger partial charge >= 0.3 is 0 Å². The Balaban J connectivity index is 1.87. The van der Waals surface area contributed by atoms with Gasteiger partial charge in [0.05, 0.1) is 5.39 Å². The van der Waals surface area contributed by atoms with Crippen LogP contribution in [0.5, 0.6) is 0 Å². The fraction of sp³-hybridized carbons (Fsp3) is 0.0625. The highest BCUT2D eigenvalue weighted by molar-refractivity contribution is 7.98. The van der Waals surface area contributed by atoms with Crippen molar-refractivity contribution < 1.29 is 0 Å². The Hall–Kier alpha value is -1.96. The minimum Gasteiger partial charge on any atom is -0.316 e. The summed E-state index contributed by atoms with van der Waals surface area (Å²) in [4.78, 5) is 15.3. The van der Waals surface area contributed by atoms with Gasteiger partial charge in [0, 0.05) is 27.4 Å². The van der Waals surface area contributed by atoms with Crippen LogP contribution in [-0.2, 0) is 0 Å². The number of aromatic nitrogens is 3. The first kappa shape index (κ1) is 14.6. The second-order valence-corrected chi connectivity index (χ2v) is 7.38. The van der Waals surface area contributed by atoms with E-state index in [-0.39, 0.29) is 0 Å². The van der Waals surface area contributed by atoms with Crippen molar-refractivity contribution in [3.8, 4) is 11.1 Å². The summed E-state index contributed by atoms with van der Waals surface area (Å²) in [5.41, 5.74) is 2.33. The molecule has 0 spiro atoms. The lowest BCUT2D eigenvalue weighted by molar-refractivity contribution is 1.22. The molecule has 4 nitrogen and oxygen atoms in total. The van der Waals surface area contributed by atoms with Gasteiger partial charge in [-0.2, -0.15) is 0 Å². The summed E-state index contributed by atoms with van der Waals surface area (Å²) < 4.78 is 0. The molecule has 114 valence electrons. The monoisotopic (exact) mass is 356 g/mol. The molecule has 4 aromatic rings. The van der Waals surface area contributed by atoms with Crippen LogP contribution in [0.3, 0.4) is 0 Å². The van der Waals surface area contributed by atoms with Gasteiger partial charge in [0.2, 0.25) is 0 Å². The molecule has 0 bridgehead atoms. The fourth-order valence-corrected chi connectivity index (χ4v) is 4.26. The Morgan fingerprint density at radius 1 is 1.13 bits per heavy atom. The van der Waals surface area contributed by atoms with E-state index in [2.05, 4.69) is 56.2 Å². The van der Waals surface area contributed by atoms with Crippen molar-refractivity contribution in [2.24, 2.45) is 0 Å². The molecule has 3 heterocycles. The van der Waals surface area contributed by atoms with Crippen molar-refractivity contribution in [2.45, 2.75) is 4.90 Å². The molecule has 4 rings (SSSR count). The highest BCUT2D eigenvalue weighted by Gasteiger charge is 2.14. The highest BCUT2D eigenvalue weighted by atomic mass is 32.2. The van der Waals surface area contributed by atoms with Crippen molar-refractivity contribution >= 4 is 55.6 Å². The molecule has 1 N–H and O–H groups in total. The average Bonchev–Trinajstić information content (AvgIpc) is 3.25. The standard InChI is InChI=1S/C16H12N4S3/c1-21-11-4-2-3-10(7-11)12-8-23-15-13(12)14(18-9-19-15)20-16-17-5-6-22-16/h2-9H,1H3,(H,17,18,19,20). The SMILES string of the molecule is CSc1cccc(-c2csc3ncnc(Nc4nccs4)c23)c1. The van der Waals surface area contributed by atoms with Crippen LogP contribution in [0.4, 0.5) is 10.9 Å². The molecule has 0 amide bonds. The third-order valence-corrected chi connectivity index (χ3v) is 5.71. The van der Waals surface area contributed by atoms with E-state index in [0.717, 1.165) is 26.7 Å². The van der Waals surface area contributed by atoms with Crippen LogP contribution in [-0.4, -0.2) is 21.2 Å². The van der Waals surface area contributed by atoms with Crippen molar-refractivity contribution in [2.75, 3.05) is 11.6 Å². The first-order valence-electron chi connectivity index (χ1n) is 6.88. The first-order chi connectivity index (χ1) is 11.3. The van der Waals surface area contributed by atoms with E-state index < -0.39 is 0 Å². The number of benzene rings is 1. The number of hydrogen-bond acceptors (Lipinski definition) is 7. The largest absolute Gasteiger partial charge is 0.316 e. The molecule has 0 unspecified atom stereocenters. The van der Waals surface area contributed by atoms with Gasteiger partial charge in [-0.3, -0.25) is 0 Å². The number of nitrogens with one attached hydrogen (secondary N) is 1. The van der Waals surface area contributed by atoms with E-state index in [4.69, 9.17) is 0 Å². The summed E-state index contributed by atoms with van der Waals surface area (Å²) in [6, 6.07) is 8.53. The van der Waals surface area contributed by atoms with E-state index in [1.165, 1.54) is 10.5 Å². The van der Waals surface area contributed by atoms with Gasteiger partial charge in [-0.15, -0.1) is 34.4 Å². The van der Waals surface area contributed by atoms with Gasteiger partial charge < -0.3 is 5.32 Å². The zero-order valence-corrected chi connectivity index (χ0v) is 14.6. The smallest absolute Gasteiger partial charge is 0.188 e. The van der Waals surface area contributed by atoms with Crippen molar-refractivity contribution in [3.05, 3.63) is 47.5 Å². The molecule has 0 aliphatic rings. The topological polar surface area (TPSA) is 50.7 Å². The number of thiazole rings is 1. The number of anilines is 2. The molecule has 3 aromatic heterocycles. The van der Waals surface area contributed by atoms with E-state index in [0.29, 0.717) is 0 Å². The number of hydrogen-bond donors (Lipinski definition) is 1. The Morgan fingerprint density at radius 3 is 2.91 bits per heavy atom. The van der Waals surface area contributed by atoms with E-state index in [1.54, 1.807) is 47.0 Å². The van der Waals surface area contributed by atoms with Gasteiger partial charge in [-0.25, -0.2) is 15.0 Å². The average molecular weight is 357 g/mol. The van der Waals surface area contributed by atoms with Gasteiger partial charge in [0.15, 0.2) is 5.13 Å². The molecule has 0 radical (unpaired) electrons. The van der Waals surface area contributed by atoms with Crippen molar-refractivity contribution in [1.29, 1.82) is 0 Å².